The molecule has 0 fully saturated rings. The second-order valence-electron chi connectivity index (χ2n) is 4.18. The number of ether oxygens (including phenoxy) is 2. The number of aromatic nitrogens is 2. The molecule has 1 amide bonds. The van der Waals surface area contributed by atoms with Gasteiger partial charge in [-0.1, -0.05) is 0 Å². The molecule has 7 nitrogen and oxygen atoms in total. The van der Waals surface area contributed by atoms with Crippen molar-refractivity contribution in [3.63, 3.8) is 0 Å². The Balaban J connectivity index is 2.14. The summed E-state index contributed by atoms with van der Waals surface area (Å²) in [6, 6.07) is 7.91. The first kappa shape index (κ1) is 14.7. The van der Waals surface area contributed by atoms with Crippen LogP contribution in [0.25, 0.3) is 0 Å². The van der Waals surface area contributed by atoms with E-state index >= 15 is 0 Å². The minimum atomic E-state index is -0.494. The van der Waals surface area contributed by atoms with E-state index in [1.807, 2.05) is 6.92 Å². The van der Waals surface area contributed by atoms with E-state index in [-0.39, 0.29) is 6.61 Å². The smallest absolute Gasteiger partial charge is 0.248 e. The zero-order valence-electron chi connectivity index (χ0n) is 11.6. The monoisotopic (exact) mass is 288 g/mol. The highest BCUT2D eigenvalue weighted by Gasteiger charge is 2.06. The van der Waals surface area contributed by atoms with Crippen molar-refractivity contribution in [3.05, 3.63) is 41.7 Å². The Morgan fingerprint density at radius 3 is 2.57 bits per heavy atom. The van der Waals surface area contributed by atoms with Crippen molar-refractivity contribution in [2.75, 3.05) is 12.3 Å². The molecule has 21 heavy (non-hydrogen) atoms. The predicted molar refractivity (Wildman–Crippen MR) is 76.8 cm³/mol. The van der Waals surface area contributed by atoms with Crippen LogP contribution < -0.4 is 16.2 Å². The van der Waals surface area contributed by atoms with E-state index in [0.29, 0.717) is 35.4 Å². The third kappa shape index (κ3) is 4.15. The van der Waals surface area contributed by atoms with E-state index < -0.39 is 5.91 Å². The molecule has 1 aromatic carbocycles. The van der Waals surface area contributed by atoms with E-state index in [1.165, 1.54) is 6.07 Å². The van der Waals surface area contributed by atoms with Crippen molar-refractivity contribution >= 4 is 11.7 Å². The highest BCUT2D eigenvalue weighted by molar-refractivity contribution is 5.92. The lowest BCUT2D eigenvalue weighted by Crippen LogP contribution is -2.10. The zero-order chi connectivity index (χ0) is 15.2. The number of rotatable bonds is 6. The molecular formula is C14H16N4O3. The van der Waals surface area contributed by atoms with E-state index in [2.05, 4.69) is 9.97 Å². The fraction of sp³-hybridized carbons (Fsp3) is 0.214. The van der Waals surface area contributed by atoms with Gasteiger partial charge in [0.1, 0.15) is 18.2 Å². The van der Waals surface area contributed by atoms with Crippen LogP contribution in [0, 0.1) is 0 Å². The highest BCUT2D eigenvalue weighted by Crippen LogP contribution is 2.21. The molecule has 0 spiro atoms. The molecule has 1 heterocycles. The van der Waals surface area contributed by atoms with Crippen molar-refractivity contribution < 1.29 is 14.3 Å². The minimum absolute atomic E-state index is 0.262. The second-order valence-corrected chi connectivity index (χ2v) is 4.18. The highest BCUT2D eigenvalue weighted by atomic mass is 16.5. The topological polar surface area (TPSA) is 113 Å². The van der Waals surface area contributed by atoms with Gasteiger partial charge in [-0.05, 0) is 31.2 Å². The van der Waals surface area contributed by atoms with Crippen LogP contribution in [0.3, 0.4) is 0 Å². The van der Waals surface area contributed by atoms with Crippen LogP contribution in [0.15, 0.2) is 30.3 Å². The minimum Gasteiger partial charge on any atom is -0.439 e. The van der Waals surface area contributed by atoms with Crippen LogP contribution >= 0.6 is 0 Å². The van der Waals surface area contributed by atoms with Gasteiger partial charge in [-0.15, -0.1) is 0 Å². The number of benzene rings is 1. The van der Waals surface area contributed by atoms with Gasteiger partial charge in [-0.25, -0.2) is 4.98 Å². The summed E-state index contributed by atoms with van der Waals surface area (Å²) < 4.78 is 10.8. The zero-order valence-corrected chi connectivity index (χ0v) is 11.6. The number of primary amides is 1. The average molecular weight is 288 g/mol. The molecule has 0 unspecified atom stereocenters. The third-order valence-corrected chi connectivity index (χ3v) is 2.57. The Morgan fingerprint density at radius 1 is 1.24 bits per heavy atom. The molecule has 0 atom stereocenters. The quantitative estimate of drug-likeness (QED) is 0.832. The molecule has 0 radical (unpaired) electrons. The average Bonchev–Trinajstić information content (AvgIpc) is 2.45. The first-order valence-corrected chi connectivity index (χ1v) is 6.37. The van der Waals surface area contributed by atoms with E-state index in [0.717, 1.165) is 0 Å². The van der Waals surface area contributed by atoms with Crippen LogP contribution in [0.2, 0.25) is 0 Å². The van der Waals surface area contributed by atoms with Crippen LogP contribution in [0.4, 0.5) is 5.82 Å². The molecule has 7 heteroatoms. The molecule has 0 aliphatic rings. The summed E-state index contributed by atoms with van der Waals surface area (Å²) in [5.41, 5.74) is 11.3. The standard InChI is InChI=1S/C14H16N4O3/c1-2-20-8-12-17-11(15)7-13(18-12)21-10-5-3-9(4-6-10)14(16)19/h3-7H,2,8H2,1H3,(H2,16,19)(H2,15,17,18). The van der Waals surface area contributed by atoms with Crippen molar-refractivity contribution in [1.29, 1.82) is 0 Å². The van der Waals surface area contributed by atoms with Crippen LogP contribution in [-0.4, -0.2) is 22.5 Å². The maximum Gasteiger partial charge on any atom is 0.248 e. The van der Waals surface area contributed by atoms with E-state index in [1.54, 1.807) is 24.3 Å². The van der Waals surface area contributed by atoms with Crippen molar-refractivity contribution in [1.82, 2.24) is 9.97 Å². The first-order valence-electron chi connectivity index (χ1n) is 6.37. The summed E-state index contributed by atoms with van der Waals surface area (Å²) >= 11 is 0. The fourth-order valence-electron chi connectivity index (χ4n) is 1.61. The van der Waals surface area contributed by atoms with E-state index in [4.69, 9.17) is 20.9 Å². The van der Waals surface area contributed by atoms with Crippen molar-refractivity contribution in [2.45, 2.75) is 13.5 Å². The number of nitrogen functional groups attached to an aromatic ring is 1. The molecule has 0 saturated carbocycles. The molecule has 110 valence electrons. The lowest BCUT2D eigenvalue weighted by Gasteiger charge is -2.08. The molecule has 4 N–H and O–H groups in total. The largest absolute Gasteiger partial charge is 0.439 e. The number of hydrogen-bond acceptors (Lipinski definition) is 6. The molecule has 2 rings (SSSR count). The number of anilines is 1. The van der Waals surface area contributed by atoms with Gasteiger partial charge in [0.25, 0.3) is 0 Å². The molecule has 2 aromatic rings. The van der Waals surface area contributed by atoms with Gasteiger partial charge in [0, 0.05) is 18.2 Å². The summed E-state index contributed by atoms with van der Waals surface area (Å²) in [5.74, 6) is 1.07. The Hall–Kier alpha value is -2.67. The molecule has 1 aromatic heterocycles. The number of nitrogens with two attached hydrogens (primary N) is 2. The second kappa shape index (κ2) is 6.67. The summed E-state index contributed by atoms with van der Waals surface area (Å²) in [7, 11) is 0. The lowest BCUT2D eigenvalue weighted by atomic mass is 10.2. The van der Waals surface area contributed by atoms with Crippen LogP contribution in [-0.2, 0) is 11.3 Å². The van der Waals surface area contributed by atoms with Crippen molar-refractivity contribution in [3.8, 4) is 11.6 Å². The van der Waals surface area contributed by atoms with Gasteiger partial charge in [-0.2, -0.15) is 4.98 Å². The summed E-state index contributed by atoms with van der Waals surface area (Å²) in [5, 5.41) is 0. The predicted octanol–water partition coefficient (Wildman–Crippen LogP) is 1.49. The van der Waals surface area contributed by atoms with Crippen LogP contribution in [0.5, 0.6) is 11.6 Å². The molecule has 0 bridgehead atoms. The van der Waals surface area contributed by atoms with Gasteiger partial charge < -0.3 is 20.9 Å². The molecule has 0 aliphatic heterocycles. The molecular weight excluding hydrogens is 272 g/mol. The van der Waals surface area contributed by atoms with Gasteiger partial charge in [0.2, 0.25) is 11.8 Å². The molecule has 0 saturated heterocycles. The number of nitrogens with zero attached hydrogens (tertiary/aromatic N) is 2. The molecule has 0 aliphatic carbocycles. The fourth-order valence-corrected chi connectivity index (χ4v) is 1.61. The Labute approximate surface area is 121 Å². The third-order valence-electron chi connectivity index (χ3n) is 2.57. The first-order chi connectivity index (χ1) is 10.1. The lowest BCUT2D eigenvalue weighted by molar-refractivity contribution is 0.100. The number of carbonyl (C=O) groups is 1. The van der Waals surface area contributed by atoms with Crippen LogP contribution in [0.1, 0.15) is 23.1 Å². The van der Waals surface area contributed by atoms with Gasteiger partial charge in [-0.3, -0.25) is 4.79 Å². The summed E-state index contributed by atoms with van der Waals surface area (Å²) in [6.45, 7) is 2.70. The Morgan fingerprint density at radius 2 is 1.95 bits per heavy atom. The summed E-state index contributed by atoms with van der Waals surface area (Å²) in [6.07, 6.45) is 0. The number of carbonyl (C=O) groups excluding carboxylic acids is 1. The maximum atomic E-state index is 11.0. The normalized spacial score (nSPS) is 10.3. The Kier molecular flexibility index (Phi) is 4.68. The van der Waals surface area contributed by atoms with Gasteiger partial charge >= 0.3 is 0 Å². The number of hydrogen-bond donors (Lipinski definition) is 2. The van der Waals surface area contributed by atoms with Crippen molar-refractivity contribution in [2.24, 2.45) is 5.73 Å². The van der Waals surface area contributed by atoms with E-state index in [9.17, 15) is 4.79 Å². The number of amides is 1. The SMILES string of the molecule is CCOCc1nc(N)cc(Oc2ccc(C(N)=O)cc2)n1. The Bertz CT molecular complexity index is 629. The van der Waals surface area contributed by atoms with Gasteiger partial charge in [0.05, 0.1) is 0 Å². The maximum absolute atomic E-state index is 11.0. The summed E-state index contributed by atoms with van der Waals surface area (Å²) in [4.78, 5) is 19.2. The van der Waals surface area contributed by atoms with Gasteiger partial charge in [0.15, 0.2) is 5.82 Å².